The van der Waals surface area contributed by atoms with E-state index in [1.165, 1.54) is 28.4 Å². The molecule has 2 amide bonds. The van der Waals surface area contributed by atoms with Crippen LogP contribution in [0.5, 0.6) is 0 Å². The topological polar surface area (TPSA) is 147 Å². The summed E-state index contributed by atoms with van der Waals surface area (Å²) in [5, 5.41) is 17.5. The summed E-state index contributed by atoms with van der Waals surface area (Å²) in [5.74, 6) is -1.79. The van der Waals surface area contributed by atoms with Crippen molar-refractivity contribution in [2.24, 2.45) is 5.16 Å². The minimum atomic E-state index is -1.16. The number of amides is 2. The number of thioether (sulfide) groups is 2. The molecule has 0 bridgehead atoms. The van der Waals surface area contributed by atoms with Gasteiger partial charge in [0.25, 0.3) is 11.8 Å². The van der Waals surface area contributed by atoms with E-state index in [9.17, 15) is 19.5 Å². The maximum Gasteiger partial charge on any atom is 0.353 e. The number of β-lactam (4-membered cyclic amide) rings is 1. The monoisotopic (exact) mass is 455 g/mol. The number of nitrogens with two attached hydrogens (primary N) is 1. The first-order chi connectivity index (χ1) is 13.9. The van der Waals surface area contributed by atoms with Crippen LogP contribution < -0.4 is 11.1 Å². The number of anilines is 1. The first kappa shape index (κ1) is 20.0. The lowest BCUT2D eigenvalue weighted by atomic mass is 10.0. The molecule has 1 aromatic rings. The third-order valence-electron chi connectivity index (χ3n) is 4.47. The van der Waals surface area contributed by atoms with E-state index in [4.69, 9.17) is 10.6 Å². The lowest BCUT2D eigenvalue weighted by Crippen LogP contribution is -2.71. The molecule has 10 nitrogen and oxygen atoms in total. The second-order valence-corrected chi connectivity index (χ2v) is 9.35. The van der Waals surface area contributed by atoms with Crippen LogP contribution in [0.15, 0.2) is 21.1 Å². The number of aromatic nitrogens is 1. The number of nitrogen functional groups attached to an aromatic ring is 1. The van der Waals surface area contributed by atoms with Gasteiger partial charge in [0.15, 0.2) is 10.8 Å². The number of thiazole rings is 1. The van der Waals surface area contributed by atoms with Gasteiger partial charge in [-0.1, -0.05) is 5.16 Å². The van der Waals surface area contributed by atoms with Crippen molar-refractivity contribution in [3.05, 3.63) is 21.7 Å². The largest absolute Gasteiger partial charge is 0.477 e. The molecule has 2 atom stereocenters. The van der Waals surface area contributed by atoms with Gasteiger partial charge in [0.2, 0.25) is 0 Å². The van der Waals surface area contributed by atoms with Gasteiger partial charge in [-0.05, 0) is 19.1 Å². The van der Waals surface area contributed by atoms with Crippen LogP contribution in [0.25, 0.3) is 0 Å². The number of rotatable bonds is 7. The summed E-state index contributed by atoms with van der Waals surface area (Å²) in [6, 6.07) is -0.854. The zero-order valence-electron chi connectivity index (χ0n) is 15.2. The average Bonchev–Trinajstić information content (AvgIpc) is 3.43. The van der Waals surface area contributed by atoms with Gasteiger partial charge in [0, 0.05) is 16.0 Å². The van der Waals surface area contributed by atoms with Crippen LogP contribution in [0.2, 0.25) is 0 Å². The Morgan fingerprint density at radius 3 is 2.83 bits per heavy atom. The van der Waals surface area contributed by atoms with Crippen molar-refractivity contribution in [3.8, 4) is 0 Å². The van der Waals surface area contributed by atoms with Gasteiger partial charge in [0.05, 0.1) is 0 Å². The number of fused-ring (bicyclic) bond motifs is 1. The summed E-state index contributed by atoms with van der Waals surface area (Å²) in [6.07, 6.45) is 3.49. The average molecular weight is 456 g/mol. The standard InChI is InChI=1S/C16H17N5O5S3/c1-27-8-5-28-14-10(13(23)21(14)11(8)15(24)25)19-12(22)9(20-26-6-2-3-6)7-4-29-16(17)18-7/h4,6,10,14H,2-3,5H2,1H3,(H2,17,18)(H,19,22)(H,24,25)/t10-,14+/m1/s1. The molecule has 29 heavy (non-hydrogen) atoms. The maximum atomic E-state index is 12.8. The van der Waals surface area contributed by atoms with Crippen LogP contribution >= 0.6 is 34.9 Å². The van der Waals surface area contributed by atoms with E-state index in [0.29, 0.717) is 10.7 Å². The second kappa shape index (κ2) is 7.88. The van der Waals surface area contributed by atoms with Crippen LogP contribution in [0, 0.1) is 0 Å². The molecule has 0 unspecified atom stereocenters. The molecule has 13 heteroatoms. The molecule has 0 aromatic carbocycles. The number of aliphatic carboxylic acids is 1. The molecular formula is C16H17N5O5S3. The van der Waals surface area contributed by atoms with Crippen LogP contribution in [0.3, 0.4) is 0 Å². The van der Waals surface area contributed by atoms with E-state index in [0.717, 1.165) is 24.2 Å². The molecule has 0 radical (unpaired) electrons. The molecule has 4 N–H and O–H groups in total. The van der Waals surface area contributed by atoms with Crippen LogP contribution in [0.1, 0.15) is 18.5 Å². The highest BCUT2D eigenvalue weighted by molar-refractivity contribution is 8.05. The summed E-state index contributed by atoms with van der Waals surface area (Å²) in [5.41, 5.74) is 5.84. The smallest absolute Gasteiger partial charge is 0.353 e. The molecule has 0 spiro atoms. The van der Waals surface area contributed by atoms with Crippen molar-refractivity contribution in [1.29, 1.82) is 0 Å². The molecular weight excluding hydrogens is 438 g/mol. The van der Waals surface area contributed by atoms with Gasteiger partial charge >= 0.3 is 5.97 Å². The summed E-state index contributed by atoms with van der Waals surface area (Å²) < 4.78 is 0. The van der Waals surface area contributed by atoms with Crippen LogP contribution in [0.4, 0.5) is 5.13 Å². The lowest BCUT2D eigenvalue weighted by Gasteiger charge is -2.49. The minimum Gasteiger partial charge on any atom is -0.477 e. The molecule has 154 valence electrons. The van der Waals surface area contributed by atoms with E-state index in [-0.39, 0.29) is 28.3 Å². The van der Waals surface area contributed by atoms with Crippen molar-refractivity contribution in [2.75, 3.05) is 17.7 Å². The Hall–Kier alpha value is -2.25. The first-order valence-electron chi connectivity index (χ1n) is 8.62. The predicted octanol–water partition coefficient (Wildman–Crippen LogP) is 0.668. The highest BCUT2D eigenvalue weighted by Gasteiger charge is 2.54. The molecule has 2 aliphatic heterocycles. The fourth-order valence-corrected chi connectivity index (χ4v) is 5.65. The van der Waals surface area contributed by atoms with Crippen LogP contribution in [-0.4, -0.2) is 68.0 Å². The van der Waals surface area contributed by atoms with Crippen molar-refractivity contribution in [1.82, 2.24) is 15.2 Å². The molecule has 1 saturated heterocycles. The molecule has 4 rings (SSSR count). The number of hydrogen-bond acceptors (Lipinski definition) is 10. The summed E-state index contributed by atoms with van der Waals surface area (Å²) in [4.78, 5) is 48.3. The Balaban J connectivity index is 1.52. The highest BCUT2D eigenvalue weighted by Crippen LogP contribution is 2.42. The molecule has 1 aromatic heterocycles. The Morgan fingerprint density at radius 2 is 2.24 bits per heavy atom. The van der Waals surface area contributed by atoms with Gasteiger partial charge < -0.3 is 21.0 Å². The number of carboxylic acid groups (broad SMARTS) is 1. The quantitative estimate of drug-likeness (QED) is 0.306. The number of carboxylic acids is 1. The Labute approximate surface area is 177 Å². The van der Waals surface area contributed by atoms with Gasteiger partial charge in [-0.15, -0.1) is 34.9 Å². The lowest BCUT2D eigenvalue weighted by molar-refractivity contribution is -0.150. The predicted molar refractivity (Wildman–Crippen MR) is 110 cm³/mol. The molecule has 3 aliphatic rings. The highest BCUT2D eigenvalue weighted by atomic mass is 32.2. The third kappa shape index (κ3) is 3.81. The number of carbonyl (C=O) groups excluding carboxylic acids is 2. The van der Waals surface area contributed by atoms with Crippen molar-refractivity contribution >= 4 is 63.5 Å². The van der Waals surface area contributed by atoms with Gasteiger partial charge in [-0.25, -0.2) is 9.78 Å². The summed E-state index contributed by atoms with van der Waals surface area (Å²) in [6.45, 7) is 0. The van der Waals surface area contributed by atoms with Crippen LogP contribution in [-0.2, 0) is 19.2 Å². The van der Waals surface area contributed by atoms with Gasteiger partial charge in [-0.2, -0.15) is 0 Å². The number of carbonyl (C=O) groups is 3. The van der Waals surface area contributed by atoms with E-state index in [1.54, 1.807) is 11.6 Å². The zero-order valence-corrected chi connectivity index (χ0v) is 17.6. The molecule has 1 saturated carbocycles. The Morgan fingerprint density at radius 1 is 1.48 bits per heavy atom. The number of nitrogens with one attached hydrogen (secondary N) is 1. The third-order valence-corrected chi connectivity index (χ3v) is 7.43. The van der Waals surface area contributed by atoms with E-state index in [1.807, 2.05) is 0 Å². The number of hydrogen-bond donors (Lipinski definition) is 3. The Bertz CT molecular complexity index is 941. The Kier molecular flexibility index (Phi) is 5.44. The maximum absolute atomic E-state index is 12.8. The zero-order chi connectivity index (χ0) is 20.7. The van der Waals surface area contributed by atoms with Crippen molar-refractivity contribution in [2.45, 2.75) is 30.4 Å². The van der Waals surface area contributed by atoms with Crippen molar-refractivity contribution in [3.63, 3.8) is 0 Å². The summed E-state index contributed by atoms with van der Waals surface area (Å²) in [7, 11) is 0. The SMILES string of the molecule is CSC1=C(C(=O)O)N2C(=O)[C@@H](NC(=O)C(=NOC3CC3)c3csc(N)n3)[C@@H]2SC1. The molecule has 3 heterocycles. The fraction of sp³-hybridized carbons (Fsp3) is 0.438. The normalized spacial score (nSPS) is 24.1. The first-order valence-corrected chi connectivity index (χ1v) is 11.8. The van der Waals surface area contributed by atoms with Gasteiger partial charge in [0.1, 0.15) is 28.9 Å². The van der Waals surface area contributed by atoms with E-state index < -0.39 is 29.2 Å². The number of oxime groups is 1. The molecule has 2 fully saturated rings. The van der Waals surface area contributed by atoms with Gasteiger partial charge in [-0.3, -0.25) is 14.5 Å². The summed E-state index contributed by atoms with van der Waals surface area (Å²) >= 11 is 3.87. The minimum absolute atomic E-state index is 0.0169. The second-order valence-electron chi connectivity index (χ2n) is 6.46. The fourth-order valence-electron chi connectivity index (χ4n) is 2.86. The molecule has 1 aliphatic carbocycles. The van der Waals surface area contributed by atoms with E-state index >= 15 is 0 Å². The van der Waals surface area contributed by atoms with E-state index in [2.05, 4.69) is 15.5 Å². The van der Waals surface area contributed by atoms with Crippen molar-refractivity contribution < 1.29 is 24.3 Å². The number of nitrogens with zero attached hydrogens (tertiary/aromatic N) is 3.